The molecular formula is C22H33Si. The molecule has 1 aliphatic heterocycles. The van der Waals surface area contributed by atoms with Gasteiger partial charge >= 0.3 is 0 Å². The molecule has 0 atom stereocenters. The Morgan fingerprint density at radius 3 is 1.43 bits per heavy atom. The van der Waals surface area contributed by atoms with Crippen LogP contribution >= 0.6 is 0 Å². The fraction of sp³-hybridized carbons (Fsp3) is 0.545. The lowest BCUT2D eigenvalue weighted by Gasteiger charge is -2.18. The Kier molecular flexibility index (Phi) is 7.36. The topological polar surface area (TPSA) is 0 Å². The Morgan fingerprint density at radius 1 is 0.609 bits per heavy atom. The molecule has 1 aromatic carbocycles. The van der Waals surface area contributed by atoms with Gasteiger partial charge in [0.15, 0.2) is 0 Å². The van der Waals surface area contributed by atoms with Crippen molar-refractivity contribution in [2.45, 2.75) is 79.1 Å². The monoisotopic (exact) mass is 325 g/mol. The molecule has 0 fully saturated rings. The fourth-order valence-electron chi connectivity index (χ4n) is 3.96. The smallest absolute Gasteiger partial charge is 0.0696 e. The number of rotatable bonds is 9. The van der Waals surface area contributed by atoms with Crippen molar-refractivity contribution in [1.82, 2.24) is 0 Å². The molecule has 1 radical (unpaired) electrons. The lowest BCUT2D eigenvalue weighted by molar-refractivity contribution is 0.825. The van der Waals surface area contributed by atoms with E-state index >= 15 is 0 Å². The van der Waals surface area contributed by atoms with Gasteiger partial charge in [0.1, 0.15) is 8.80 Å². The summed E-state index contributed by atoms with van der Waals surface area (Å²) in [6.45, 7) is 9.37. The van der Waals surface area contributed by atoms with Crippen LogP contribution in [0.2, 0.25) is 0 Å². The fourth-order valence-corrected chi connectivity index (χ4v) is 7.70. The summed E-state index contributed by atoms with van der Waals surface area (Å²) in [5.41, 5.74) is 3.55. The van der Waals surface area contributed by atoms with Gasteiger partial charge in [-0.3, -0.25) is 0 Å². The van der Waals surface area contributed by atoms with E-state index in [0.29, 0.717) is 0 Å². The van der Waals surface area contributed by atoms with Gasteiger partial charge in [-0.25, -0.2) is 0 Å². The average molecular weight is 326 g/mol. The summed E-state index contributed by atoms with van der Waals surface area (Å²) in [5.74, 6) is 0. The summed E-state index contributed by atoms with van der Waals surface area (Å²) in [5, 5.41) is 5.30. The third-order valence-corrected chi connectivity index (χ3v) is 7.98. The zero-order valence-corrected chi connectivity index (χ0v) is 16.5. The van der Waals surface area contributed by atoms with Crippen molar-refractivity contribution in [2.24, 2.45) is 0 Å². The van der Waals surface area contributed by atoms with Crippen LogP contribution in [0.3, 0.4) is 0 Å². The zero-order chi connectivity index (χ0) is 16.7. The maximum absolute atomic E-state index is 2.39. The van der Waals surface area contributed by atoms with Gasteiger partial charge in [0.25, 0.3) is 0 Å². The molecule has 125 valence electrons. The van der Waals surface area contributed by atoms with Gasteiger partial charge in [-0.1, -0.05) is 99.3 Å². The number of hydrogen-bond acceptors (Lipinski definition) is 0. The summed E-state index contributed by atoms with van der Waals surface area (Å²) in [6.07, 6.45) is 10.3. The molecule has 0 N–H and O–H groups in total. The predicted octanol–water partition coefficient (Wildman–Crippen LogP) is 6.27. The second-order valence-corrected chi connectivity index (χ2v) is 9.19. The molecule has 0 spiro atoms. The second kappa shape index (κ2) is 9.27. The van der Waals surface area contributed by atoms with Gasteiger partial charge in [-0.2, -0.15) is 0 Å². The summed E-state index contributed by atoms with van der Waals surface area (Å²) >= 11 is 0. The first-order valence-corrected chi connectivity index (χ1v) is 11.2. The van der Waals surface area contributed by atoms with E-state index in [0.717, 1.165) is 0 Å². The number of hydrogen-bond donors (Lipinski definition) is 0. The van der Waals surface area contributed by atoms with E-state index in [2.05, 4.69) is 58.0 Å². The molecule has 0 amide bonds. The molecule has 0 aromatic heterocycles. The summed E-state index contributed by atoms with van der Waals surface area (Å²) in [6, 6.07) is 11.4. The van der Waals surface area contributed by atoms with Gasteiger partial charge in [0, 0.05) is 0 Å². The highest BCUT2D eigenvalue weighted by atomic mass is 28.3. The highest BCUT2D eigenvalue weighted by molar-refractivity contribution is 6.87. The summed E-state index contributed by atoms with van der Waals surface area (Å²) in [7, 11) is -0.673. The van der Waals surface area contributed by atoms with Gasteiger partial charge in [0.05, 0.1) is 0 Å². The van der Waals surface area contributed by atoms with Gasteiger partial charge in [0.2, 0.25) is 0 Å². The van der Waals surface area contributed by atoms with Crippen LogP contribution in [-0.2, 0) is 0 Å². The van der Waals surface area contributed by atoms with E-state index in [-0.39, 0.29) is 0 Å². The minimum absolute atomic E-state index is 0.673. The molecule has 0 aliphatic carbocycles. The van der Waals surface area contributed by atoms with Crippen LogP contribution < -0.4 is 5.19 Å². The van der Waals surface area contributed by atoms with Crippen molar-refractivity contribution >= 4 is 14.0 Å². The first-order valence-electron chi connectivity index (χ1n) is 9.65. The highest BCUT2D eigenvalue weighted by Gasteiger charge is 2.34. The van der Waals surface area contributed by atoms with Crippen molar-refractivity contribution in [3.8, 4) is 0 Å². The van der Waals surface area contributed by atoms with E-state index < -0.39 is 8.80 Å². The highest BCUT2D eigenvalue weighted by Crippen LogP contribution is 2.40. The minimum atomic E-state index is -0.673. The molecule has 0 bridgehead atoms. The van der Waals surface area contributed by atoms with Crippen molar-refractivity contribution in [1.29, 1.82) is 0 Å². The van der Waals surface area contributed by atoms with Crippen LogP contribution in [0.5, 0.6) is 0 Å². The summed E-state index contributed by atoms with van der Waals surface area (Å²) < 4.78 is 0. The second-order valence-electron chi connectivity index (χ2n) is 6.66. The molecular weight excluding hydrogens is 292 g/mol. The Labute approximate surface area is 145 Å². The largest absolute Gasteiger partial charge is 0.146 e. The maximum Gasteiger partial charge on any atom is 0.146 e. The molecule has 23 heavy (non-hydrogen) atoms. The molecule has 2 rings (SSSR count). The van der Waals surface area contributed by atoms with E-state index in [9.17, 15) is 0 Å². The molecule has 0 unspecified atom stereocenters. The van der Waals surface area contributed by atoms with Crippen LogP contribution in [0.15, 0.2) is 51.9 Å². The summed E-state index contributed by atoms with van der Waals surface area (Å²) in [4.78, 5) is 0. The van der Waals surface area contributed by atoms with E-state index in [1.807, 2.05) is 10.4 Å². The zero-order valence-electron chi connectivity index (χ0n) is 15.5. The van der Waals surface area contributed by atoms with Crippen molar-refractivity contribution < 1.29 is 0 Å². The van der Waals surface area contributed by atoms with Crippen LogP contribution in [0.25, 0.3) is 0 Å². The Bertz CT molecular complexity index is 519. The van der Waals surface area contributed by atoms with Crippen molar-refractivity contribution in [2.75, 3.05) is 0 Å². The first-order chi connectivity index (χ1) is 11.3. The Hall–Kier alpha value is -1.08. The standard InChI is InChI=1S/C22H33Si/c1-5-12-19-20(13-6-2)22(15-8-4)23(21(19)14-7-3)18-16-10-9-11-17-18/h9-11,16-17H,5-8,12-15H2,1-4H3. The molecule has 1 heteroatoms. The van der Waals surface area contributed by atoms with Gasteiger partial charge in [-0.05, 0) is 36.8 Å². The van der Waals surface area contributed by atoms with Crippen LogP contribution in [0.4, 0.5) is 0 Å². The molecule has 1 aliphatic rings. The molecule has 0 saturated heterocycles. The number of benzene rings is 1. The van der Waals surface area contributed by atoms with Crippen molar-refractivity contribution in [3.63, 3.8) is 0 Å². The maximum atomic E-state index is 2.39. The molecule has 0 saturated carbocycles. The number of allylic oxidation sites excluding steroid dienone is 4. The van der Waals surface area contributed by atoms with Gasteiger partial charge < -0.3 is 0 Å². The SMILES string of the molecule is CCCC1=C(CCC)[Si](c2ccccc2)C(CCC)=C1CCC. The van der Waals surface area contributed by atoms with Crippen LogP contribution in [-0.4, -0.2) is 8.80 Å². The van der Waals surface area contributed by atoms with Crippen LogP contribution in [0, 0.1) is 0 Å². The Morgan fingerprint density at radius 2 is 1.04 bits per heavy atom. The average Bonchev–Trinajstić information content (AvgIpc) is 2.84. The van der Waals surface area contributed by atoms with E-state index in [1.165, 1.54) is 51.4 Å². The lowest BCUT2D eigenvalue weighted by atomic mass is 9.95. The van der Waals surface area contributed by atoms with Gasteiger partial charge in [-0.15, -0.1) is 0 Å². The first kappa shape index (κ1) is 18.3. The molecule has 1 heterocycles. The quantitative estimate of drug-likeness (QED) is 0.469. The molecule has 1 aromatic rings. The van der Waals surface area contributed by atoms with Crippen molar-refractivity contribution in [3.05, 3.63) is 51.9 Å². The minimum Gasteiger partial charge on any atom is -0.0696 e. The third-order valence-electron chi connectivity index (χ3n) is 4.76. The van der Waals surface area contributed by atoms with E-state index in [4.69, 9.17) is 0 Å². The van der Waals surface area contributed by atoms with E-state index in [1.54, 1.807) is 16.3 Å². The normalized spacial score (nSPS) is 15.8. The third kappa shape index (κ3) is 4.06. The molecule has 0 nitrogen and oxygen atoms in total. The Balaban J connectivity index is 2.56. The van der Waals surface area contributed by atoms with Crippen LogP contribution in [0.1, 0.15) is 79.1 Å². The predicted molar refractivity (Wildman–Crippen MR) is 106 cm³/mol. The lowest BCUT2D eigenvalue weighted by Crippen LogP contribution is -2.33.